The maximum atomic E-state index is 12.7. The summed E-state index contributed by atoms with van der Waals surface area (Å²) < 4.78 is 50.7. The Bertz CT molecular complexity index is 1230. The Balaban J connectivity index is 1.65. The van der Waals surface area contributed by atoms with E-state index in [0.29, 0.717) is 34.4 Å². The summed E-state index contributed by atoms with van der Waals surface area (Å²) in [4.78, 5) is 8.58. The molecule has 0 radical (unpaired) electrons. The second kappa shape index (κ2) is 7.98. The van der Waals surface area contributed by atoms with Gasteiger partial charge in [0.1, 0.15) is 17.1 Å². The molecule has 0 aliphatic carbocycles. The summed E-state index contributed by atoms with van der Waals surface area (Å²) in [6.07, 6.45) is -3.67. The fourth-order valence-electron chi connectivity index (χ4n) is 3.45. The van der Waals surface area contributed by atoms with Gasteiger partial charge in [0, 0.05) is 32.1 Å². The molecule has 6 nitrogen and oxygen atoms in total. The number of halogens is 3. The van der Waals surface area contributed by atoms with Crippen molar-refractivity contribution >= 4 is 22.4 Å². The third kappa shape index (κ3) is 4.35. The van der Waals surface area contributed by atoms with Gasteiger partial charge in [0.05, 0.1) is 36.5 Å². The number of nitrogens with one attached hydrogen (secondary N) is 1. The number of fused-ring (bicyclic) bond motifs is 1. The van der Waals surface area contributed by atoms with E-state index in [9.17, 15) is 13.2 Å². The number of nitrogens with zero attached hydrogens (tertiary/aromatic N) is 3. The Morgan fingerprint density at radius 1 is 1.19 bits per heavy atom. The number of para-hydroxylation sites is 1. The quantitative estimate of drug-likeness (QED) is 0.420. The van der Waals surface area contributed by atoms with Gasteiger partial charge in [0.15, 0.2) is 11.7 Å². The first-order valence-corrected chi connectivity index (χ1v) is 9.64. The minimum atomic E-state index is -4.22. The zero-order valence-electron chi connectivity index (χ0n) is 17.2. The maximum absolute atomic E-state index is 12.7. The van der Waals surface area contributed by atoms with Crippen molar-refractivity contribution in [1.29, 1.82) is 0 Å². The molecule has 0 aliphatic rings. The molecule has 0 bridgehead atoms. The summed E-state index contributed by atoms with van der Waals surface area (Å²) in [5, 5.41) is 3.29. The number of aryl methyl sites for hydroxylation is 3. The lowest BCUT2D eigenvalue weighted by atomic mass is 10.1. The van der Waals surface area contributed by atoms with Gasteiger partial charge in [-0.15, -0.1) is 0 Å². The predicted octanol–water partition coefficient (Wildman–Crippen LogP) is 5.78. The second-order valence-corrected chi connectivity index (χ2v) is 7.16. The first-order chi connectivity index (χ1) is 14.7. The molecule has 0 saturated carbocycles. The summed E-state index contributed by atoms with van der Waals surface area (Å²) in [6, 6.07) is 11.0. The Kier molecular flexibility index (Phi) is 5.34. The van der Waals surface area contributed by atoms with Crippen molar-refractivity contribution in [2.75, 3.05) is 12.4 Å². The van der Waals surface area contributed by atoms with Gasteiger partial charge in [-0.05, 0) is 24.3 Å². The van der Waals surface area contributed by atoms with E-state index in [1.807, 2.05) is 36.4 Å². The predicted molar refractivity (Wildman–Crippen MR) is 112 cm³/mol. The number of imidazole rings is 1. The van der Waals surface area contributed by atoms with Crippen molar-refractivity contribution in [2.45, 2.75) is 25.9 Å². The fraction of sp³-hybridized carbons (Fsp3) is 0.273. The van der Waals surface area contributed by atoms with Gasteiger partial charge < -0.3 is 19.0 Å². The zero-order chi connectivity index (χ0) is 22.2. The molecule has 2 aromatic carbocycles. The highest BCUT2D eigenvalue weighted by Gasteiger charge is 2.27. The molecule has 0 spiro atoms. The van der Waals surface area contributed by atoms with Crippen LogP contribution in [0.5, 0.6) is 5.75 Å². The Hall–Kier alpha value is -3.49. The lowest BCUT2D eigenvalue weighted by Crippen LogP contribution is -2.10. The minimum absolute atomic E-state index is 0.173. The van der Waals surface area contributed by atoms with Crippen molar-refractivity contribution in [3.8, 4) is 17.1 Å². The van der Waals surface area contributed by atoms with Crippen molar-refractivity contribution in [3.63, 3.8) is 0 Å². The summed E-state index contributed by atoms with van der Waals surface area (Å²) in [5.41, 5.74) is 3.56. The first kappa shape index (κ1) is 20.8. The van der Waals surface area contributed by atoms with Crippen LogP contribution in [0, 0.1) is 6.92 Å². The monoisotopic (exact) mass is 430 g/mol. The SMILES string of the molecule is COc1cc(Nc2cccc3c2nc(CCC(F)(F)F)n3C)ccc1-c1cnc(C)o1. The van der Waals surface area contributed by atoms with Gasteiger partial charge in [0.25, 0.3) is 0 Å². The molecular weight excluding hydrogens is 409 g/mol. The lowest BCUT2D eigenvalue weighted by Gasteiger charge is -2.11. The average molecular weight is 430 g/mol. The van der Waals surface area contributed by atoms with Crippen molar-refractivity contribution in [3.05, 3.63) is 54.3 Å². The number of aromatic nitrogens is 3. The van der Waals surface area contributed by atoms with E-state index in [-0.39, 0.29) is 6.42 Å². The van der Waals surface area contributed by atoms with Crippen LogP contribution < -0.4 is 10.1 Å². The van der Waals surface area contributed by atoms with E-state index in [1.54, 1.807) is 31.8 Å². The zero-order valence-corrected chi connectivity index (χ0v) is 17.2. The van der Waals surface area contributed by atoms with Crippen LogP contribution in [0.4, 0.5) is 24.5 Å². The third-order valence-electron chi connectivity index (χ3n) is 5.00. The van der Waals surface area contributed by atoms with Crippen LogP contribution in [-0.2, 0) is 13.5 Å². The van der Waals surface area contributed by atoms with E-state index in [2.05, 4.69) is 15.3 Å². The molecule has 0 amide bonds. The van der Waals surface area contributed by atoms with Crippen LogP contribution in [-0.4, -0.2) is 27.8 Å². The minimum Gasteiger partial charge on any atom is -0.496 e. The molecule has 0 unspecified atom stereocenters. The molecule has 0 atom stereocenters. The van der Waals surface area contributed by atoms with Crippen molar-refractivity contribution < 1.29 is 22.3 Å². The van der Waals surface area contributed by atoms with Crippen LogP contribution >= 0.6 is 0 Å². The smallest absolute Gasteiger partial charge is 0.389 e. The Morgan fingerprint density at radius 2 is 2.00 bits per heavy atom. The molecular formula is C22H21F3N4O2. The van der Waals surface area contributed by atoms with E-state index >= 15 is 0 Å². The number of methoxy groups -OCH3 is 1. The van der Waals surface area contributed by atoms with Crippen LogP contribution in [0.3, 0.4) is 0 Å². The molecule has 0 aliphatic heterocycles. The van der Waals surface area contributed by atoms with Crippen LogP contribution in [0.25, 0.3) is 22.4 Å². The topological polar surface area (TPSA) is 65.1 Å². The number of benzene rings is 2. The number of alkyl halides is 3. The van der Waals surface area contributed by atoms with E-state index in [1.165, 1.54) is 0 Å². The standard InChI is InChI=1S/C22H21F3N4O2/c1-13-26-12-19(31-13)15-8-7-14(11-18(15)30-3)27-16-5-4-6-17-21(16)28-20(29(17)2)9-10-22(23,24)25/h4-8,11-12,27H,9-10H2,1-3H3. The van der Waals surface area contributed by atoms with Gasteiger partial charge >= 0.3 is 6.18 Å². The normalized spacial score (nSPS) is 11.8. The highest BCUT2D eigenvalue weighted by molar-refractivity contribution is 5.91. The molecule has 0 saturated heterocycles. The number of hydrogen-bond donors (Lipinski definition) is 1. The number of anilines is 2. The second-order valence-electron chi connectivity index (χ2n) is 7.16. The summed E-state index contributed by atoms with van der Waals surface area (Å²) in [5.74, 6) is 2.14. The molecule has 1 N–H and O–H groups in total. The number of oxazole rings is 1. The molecule has 4 rings (SSSR count). The fourth-order valence-corrected chi connectivity index (χ4v) is 3.45. The van der Waals surface area contributed by atoms with Crippen LogP contribution in [0.2, 0.25) is 0 Å². The third-order valence-corrected chi connectivity index (χ3v) is 5.00. The molecule has 2 aromatic heterocycles. The number of hydrogen-bond acceptors (Lipinski definition) is 5. The Morgan fingerprint density at radius 3 is 2.68 bits per heavy atom. The molecule has 0 fully saturated rings. The Labute approximate surface area is 176 Å². The number of ether oxygens (including phenoxy) is 1. The maximum Gasteiger partial charge on any atom is 0.389 e. The molecule has 2 heterocycles. The lowest BCUT2D eigenvalue weighted by molar-refractivity contribution is -0.134. The van der Waals surface area contributed by atoms with E-state index in [4.69, 9.17) is 9.15 Å². The highest BCUT2D eigenvalue weighted by atomic mass is 19.4. The van der Waals surface area contributed by atoms with E-state index < -0.39 is 12.6 Å². The summed E-state index contributed by atoms with van der Waals surface area (Å²) in [6.45, 7) is 1.77. The van der Waals surface area contributed by atoms with Gasteiger partial charge in [-0.2, -0.15) is 13.2 Å². The highest BCUT2D eigenvalue weighted by Crippen LogP contribution is 2.35. The van der Waals surface area contributed by atoms with Crippen molar-refractivity contribution in [1.82, 2.24) is 14.5 Å². The molecule has 162 valence electrons. The van der Waals surface area contributed by atoms with Gasteiger partial charge in [-0.25, -0.2) is 9.97 Å². The van der Waals surface area contributed by atoms with E-state index in [0.717, 1.165) is 16.8 Å². The molecule has 9 heteroatoms. The average Bonchev–Trinajstić information content (AvgIpc) is 3.30. The number of rotatable bonds is 6. The molecule has 31 heavy (non-hydrogen) atoms. The van der Waals surface area contributed by atoms with Crippen molar-refractivity contribution in [2.24, 2.45) is 7.05 Å². The van der Waals surface area contributed by atoms with Gasteiger partial charge in [-0.3, -0.25) is 0 Å². The first-order valence-electron chi connectivity index (χ1n) is 9.64. The largest absolute Gasteiger partial charge is 0.496 e. The van der Waals surface area contributed by atoms with Gasteiger partial charge in [-0.1, -0.05) is 6.07 Å². The summed E-state index contributed by atoms with van der Waals surface area (Å²) >= 11 is 0. The van der Waals surface area contributed by atoms with Gasteiger partial charge in [0.2, 0.25) is 0 Å². The van der Waals surface area contributed by atoms with Crippen LogP contribution in [0.15, 0.2) is 47.0 Å². The summed E-state index contributed by atoms with van der Waals surface area (Å²) in [7, 11) is 3.29. The molecule has 4 aromatic rings. The van der Waals surface area contributed by atoms with Crippen LogP contribution in [0.1, 0.15) is 18.1 Å².